The van der Waals surface area contributed by atoms with E-state index in [0.717, 1.165) is 16.9 Å². The minimum absolute atomic E-state index is 0.0965. The third kappa shape index (κ3) is 4.64. The minimum Gasteiger partial charge on any atom is -0.465 e. The number of ether oxygens (including phenoxy) is 1. The highest BCUT2D eigenvalue weighted by atomic mass is 32.2. The second kappa shape index (κ2) is 8.46. The minimum atomic E-state index is -3.83. The number of anilines is 2. The molecule has 29 heavy (non-hydrogen) atoms. The van der Waals surface area contributed by atoms with Crippen LogP contribution in [0.3, 0.4) is 0 Å². The number of hydrogen-bond donors (Lipinski definition) is 2. The third-order valence-corrected chi connectivity index (χ3v) is 6.37. The molecular weight excluding hydrogens is 412 g/mol. The predicted octanol–water partition coefficient (Wildman–Crippen LogP) is 3.90. The van der Waals surface area contributed by atoms with Crippen molar-refractivity contribution >= 4 is 44.6 Å². The molecule has 1 heterocycles. The molecule has 0 saturated heterocycles. The fourth-order valence-corrected chi connectivity index (χ4v) is 4.45. The van der Waals surface area contributed by atoms with Crippen LogP contribution in [-0.2, 0) is 14.8 Å². The number of amides is 1. The van der Waals surface area contributed by atoms with E-state index in [-0.39, 0.29) is 15.5 Å². The zero-order chi connectivity index (χ0) is 21.0. The van der Waals surface area contributed by atoms with Crippen LogP contribution in [0.5, 0.6) is 0 Å². The number of benzene rings is 2. The molecule has 0 bridgehead atoms. The molecule has 9 heteroatoms. The van der Waals surface area contributed by atoms with E-state index in [4.69, 9.17) is 4.74 Å². The average Bonchev–Trinajstić information content (AvgIpc) is 3.17. The van der Waals surface area contributed by atoms with Gasteiger partial charge in [0.1, 0.15) is 4.88 Å². The molecule has 2 aromatic carbocycles. The van der Waals surface area contributed by atoms with Gasteiger partial charge < -0.3 is 10.1 Å². The fourth-order valence-electron chi connectivity index (χ4n) is 2.55. The van der Waals surface area contributed by atoms with Gasteiger partial charge in [-0.25, -0.2) is 13.2 Å². The summed E-state index contributed by atoms with van der Waals surface area (Å²) in [5, 5.41) is 4.35. The first kappa shape index (κ1) is 20.6. The Morgan fingerprint density at radius 1 is 1.00 bits per heavy atom. The number of thiophene rings is 1. The molecule has 2 N–H and O–H groups in total. The average molecular weight is 431 g/mol. The molecule has 1 aromatic heterocycles. The summed E-state index contributed by atoms with van der Waals surface area (Å²) < 4.78 is 32.2. The highest BCUT2D eigenvalue weighted by Gasteiger charge is 2.20. The summed E-state index contributed by atoms with van der Waals surface area (Å²) in [5.41, 5.74) is 1.65. The van der Waals surface area contributed by atoms with Crippen LogP contribution >= 0.6 is 11.3 Å². The van der Waals surface area contributed by atoms with E-state index >= 15 is 0 Å². The topological polar surface area (TPSA) is 102 Å². The highest BCUT2D eigenvalue weighted by molar-refractivity contribution is 7.92. The molecule has 0 saturated carbocycles. The molecule has 3 rings (SSSR count). The van der Waals surface area contributed by atoms with Crippen molar-refractivity contribution < 1.29 is 22.7 Å². The molecule has 0 aliphatic rings. The number of carbonyl (C=O) groups is 2. The van der Waals surface area contributed by atoms with E-state index in [2.05, 4.69) is 10.0 Å². The van der Waals surface area contributed by atoms with Crippen LogP contribution in [0.1, 0.15) is 25.6 Å². The maximum Gasteiger partial charge on any atom is 0.337 e. The normalized spacial score (nSPS) is 11.0. The van der Waals surface area contributed by atoms with Gasteiger partial charge in [0.2, 0.25) is 0 Å². The third-order valence-electron chi connectivity index (χ3n) is 4.08. The molecule has 0 atom stereocenters. The van der Waals surface area contributed by atoms with Gasteiger partial charge in [-0.3, -0.25) is 9.52 Å². The van der Waals surface area contributed by atoms with Gasteiger partial charge in [0.25, 0.3) is 15.9 Å². The molecule has 0 unspecified atom stereocenters. The lowest BCUT2D eigenvalue weighted by molar-refractivity contribution is 0.0600. The van der Waals surface area contributed by atoms with Crippen LogP contribution in [0.4, 0.5) is 11.4 Å². The smallest absolute Gasteiger partial charge is 0.337 e. The fraction of sp³-hybridized carbons (Fsp3) is 0.100. The van der Waals surface area contributed by atoms with Crippen molar-refractivity contribution in [3.05, 3.63) is 76.0 Å². The van der Waals surface area contributed by atoms with Crippen molar-refractivity contribution in [2.24, 2.45) is 0 Å². The number of aryl methyl sites for hydroxylation is 1. The Morgan fingerprint density at radius 2 is 1.72 bits per heavy atom. The molecule has 0 fully saturated rings. The summed E-state index contributed by atoms with van der Waals surface area (Å²) in [5.74, 6) is -1.01. The monoisotopic (exact) mass is 430 g/mol. The maximum atomic E-state index is 12.8. The first-order valence-corrected chi connectivity index (χ1v) is 10.8. The summed E-state index contributed by atoms with van der Waals surface area (Å²) in [6.45, 7) is 1.78. The Balaban J connectivity index is 1.84. The number of rotatable bonds is 6. The molecule has 0 spiro atoms. The van der Waals surface area contributed by atoms with Crippen molar-refractivity contribution in [2.45, 2.75) is 11.8 Å². The number of esters is 1. The van der Waals surface area contributed by atoms with E-state index < -0.39 is 21.9 Å². The van der Waals surface area contributed by atoms with Crippen LogP contribution in [0.25, 0.3) is 0 Å². The summed E-state index contributed by atoms with van der Waals surface area (Å²) in [6, 6.07) is 14.2. The Hall–Kier alpha value is -3.17. The van der Waals surface area contributed by atoms with E-state index in [1.807, 2.05) is 0 Å². The summed E-state index contributed by atoms with van der Waals surface area (Å²) in [4.78, 5) is 24.8. The highest BCUT2D eigenvalue weighted by Crippen LogP contribution is 2.27. The first-order chi connectivity index (χ1) is 13.8. The molecule has 3 aromatic rings. The van der Waals surface area contributed by atoms with Crippen LogP contribution < -0.4 is 10.0 Å². The summed E-state index contributed by atoms with van der Waals surface area (Å²) in [6.07, 6.45) is 0. The van der Waals surface area contributed by atoms with E-state index in [1.165, 1.54) is 31.4 Å². The number of hydrogen-bond acceptors (Lipinski definition) is 6. The van der Waals surface area contributed by atoms with Gasteiger partial charge in [0, 0.05) is 5.69 Å². The Morgan fingerprint density at radius 3 is 2.41 bits per heavy atom. The first-order valence-electron chi connectivity index (χ1n) is 8.47. The van der Waals surface area contributed by atoms with Gasteiger partial charge in [-0.05, 0) is 48.2 Å². The molecule has 0 aliphatic carbocycles. The van der Waals surface area contributed by atoms with Gasteiger partial charge in [0.05, 0.1) is 23.3 Å². The largest absolute Gasteiger partial charge is 0.465 e. The zero-order valence-corrected chi connectivity index (χ0v) is 17.3. The Bertz CT molecular complexity index is 1150. The van der Waals surface area contributed by atoms with Crippen molar-refractivity contribution in [1.82, 2.24) is 0 Å². The van der Waals surface area contributed by atoms with Crippen molar-refractivity contribution in [1.29, 1.82) is 0 Å². The summed E-state index contributed by atoms with van der Waals surface area (Å²) >= 11 is 1.10. The Labute approximate surface area is 172 Å². The molecule has 1 amide bonds. The van der Waals surface area contributed by atoms with E-state index in [9.17, 15) is 18.0 Å². The van der Waals surface area contributed by atoms with Crippen LogP contribution in [-0.4, -0.2) is 27.4 Å². The lowest BCUT2D eigenvalue weighted by Crippen LogP contribution is -2.17. The van der Waals surface area contributed by atoms with Gasteiger partial charge in [-0.2, -0.15) is 0 Å². The van der Waals surface area contributed by atoms with Crippen LogP contribution in [0.2, 0.25) is 0 Å². The molecule has 7 nitrogen and oxygen atoms in total. The van der Waals surface area contributed by atoms with Crippen molar-refractivity contribution in [3.8, 4) is 0 Å². The van der Waals surface area contributed by atoms with Gasteiger partial charge in [-0.15, -0.1) is 11.3 Å². The standard InChI is InChI=1S/C20H18N2O5S2/c1-13-8-9-14(20(24)27-2)12-17(13)21-19(23)18-16(10-11-28-18)22-29(25,26)15-6-4-3-5-7-15/h3-12,22H,1-2H3,(H,21,23). The quantitative estimate of drug-likeness (QED) is 0.578. The molecule has 0 radical (unpaired) electrons. The van der Waals surface area contributed by atoms with Crippen LogP contribution in [0.15, 0.2) is 64.9 Å². The van der Waals surface area contributed by atoms with Crippen molar-refractivity contribution in [3.63, 3.8) is 0 Å². The number of sulfonamides is 1. The van der Waals surface area contributed by atoms with E-state index in [1.54, 1.807) is 42.6 Å². The number of methoxy groups -OCH3 is 1. The summed E-state index contributed by atoms with van der Waals surface area (Å²) in [7, 11) is -2.55. The van der Waals surface area contributed by atoms with Gasteiger partial charge in [0.15, 0.2) is 0 Å². The SMILES string of the molecule is COC(=O)c1ccc(C)c(NC(=O)c2sccc2NS(=O)(=O)c2ccccc2)c1. The molecule has 150 valence electrons. The van der Waals surface area contributed by atoms with Gasteiger partial charge in [-0.1, -0.05) is 24.3 Å². The van der Waals surface area contributed by atoms with Crippen LogP contribution in [0, 0.1) is 6.92 Å². The second-order valence-electron chi connectivity index (χ2n) is 6.06. The predicted molar refractivity (Wildman–Crippen MR) is 112 cm³/mol. The van der Waals surface area contributed by atoms with Crippen molar-refractivity contribution in [2.75, 3.05) is 17.1 Å². The molecular formula is C20H18N2O5S2. The van der Waals surface area contributed by atoms with E-state index in [0.29, 0.717) is 11.3 Å². The maximum absolute atomic E-state index is 12.8. The Kier molecular flexibility index (Phi) is 6.00. The lowest BCUT2D eigenvalue weighted by atomic mass is 10.1. The lowest BCUT2D eigenvalue weighted by Gasteiger charge is -2.11. The molecule has 0 aliphatic heterocycles. The zero-order valence-electron chi connectivity index (χ0n) is 15.6. The second-order valence-corrected chi connectivity index (χ2v) is 8.66. The van der Waals surface area contributed by atoms with Gasteiger partial charge >= 0.3 is 5.97 Å². The number of carbonyl (C=O) groups excluding carboxylic acids is 2. The number of nitrogens with one attached hydrogen (secondary N) is 2.